The molecule has 0 bridgehead atoms. The van der Waals surface area contributed by atoms with E-state index < -0.39 is 0 Å². The molecule has 2 aliphatic heterocycles. The fourth-order valence-corrected chi connectivity index (χ4v) is 4.22. The number of aryl methyl sites for hydroxylation is 1. The van der Waals surface area contributed by atoms with E-state index in [0.717, 1.165) is 83.1 Å². The van der Waals surface area contributed by atoms with Crippen molar-refractivity contribution >= 4 is 29.9 Å². The monoisotopic (exact) mass is 563 g/mol. The topological polar surface area (TPSA) is 74.5 Å². The molecule has 32 heavy (non-hydrogen) atoms. The smallest absolute Gasteiger partial charge is 0.191 e. The summed E-state index contributed by atoms with van der Waals surface area (Å²) >= 11 is 0. The van der Waals surface area contributed by atoms with Gasteiger partial charge in [-0.15, -0.1) is 24.0 Å². The van der Waals surface area contributed by atoms with Crippen molar-refractivity contribution in [2.75, 3.05) is 72.2 Å². The summed E-state index contributed by atoms with van der Waals surface area (Å²) in [4.78, 5) is 9.81. The second-order valence-corrected chi connectivity index (χ2v) is 8.86. The molecule has 2 saturated heterocycles. The first kappa shape index (κ1) is 27.4. The lowest BCUT2D eigenvalue weighted by Crippen LogP contribution is -2.50. The molecule has 3 rings (SSSR count). The SMILES string of the molecule is CCNC(=NCC(c1ccc(C)o1)N1CCOCC1)NCC1CN(CC(C)C)CCO1.I. The zero-order chi connectivity index (χ0) is 22.1. The van der Waals surface area contributed by atoms with Crippen LogP contribution in [0.4, 0.5) is 0 Å². The minimum atomic E-state index is 0. The summed E-state index contributed by atoms with van der Waals surface area (Å²) in [5.74, 6) is 3.41. The van der Waals surface area contributed by atoms with E-state index >= 15 is 0 Å². The lowest BCUT2D eigenvalue weighted by atomic mass is 10.1. The van der Waals surface area contributed by atoms with Gasteiger partial charge in [-0.1, -0.05) is 13.8 Å². The Balaban J connectivity index is 0.00000363. The average Bonchev–Trinajstić information content (AvgIpc) is 3.18. The third-order valence-corrected chi connectivity index (χ3v) is 5.69. The van der Waals surface area contributed by atoms with Gasteiger partial charge in [0.05, 0.1) is 38.5 Å². The van der Waals surface area contributed by atoms with E-state index in [4.69, 9.17) is 18.9 Å². The molecule has 0 aromatic carbocycles. The highest BCUT2D eigenvalue weighted by Crippen LogP contribution is 2.24. The number of hydrogen-bond donors (Lipinski definition) is 2. The van der Waals surface area contributed by atoms with Crippen LogP contribution in [0.3, 0.4) is 0 Å². The van der Waals surface area contributed by atoms with E-state index in [9.17, 15) is 0 Å². The van der Waals surface area contributed by atoms with E-state index in [0.29, 0.717) is 12.5 Å². The maximum absolute atomic E-state index is 5.99. The Labute approximate surface area is 210 Å². The molecule has 0 radical (unpaired) electrons. The first-order chi connectivity index (χ1) is 15.0. The first-order valence-corrected chi connectivity index (χ1v) is 11.8. The third-order valence-electron chi connectivity index (χ3n) is 5.69. The van der Waals surface area contributed by atoms with Crippen LogP contribution < -0.4 is 10.6 Å². The summed E-state index contributed by atoms with van der Waals surface area (Å²) < 4.78 is 17.5. The van der Waals surface area contributed by atoms with Gasteiger partial charge in [-0.3, -0.25) is 14.8 Å². The van der Waals surface area contributed by atoms with Crippen molar-refractivity contribution in [2.45, 2.75) is 39.8 Å². The van der Waals surface area contributed by atoms with Crippen molar-refractivity contribution in [1.29, 1.82) is 0 Å². The Morgan fingerprint density at radius 2 is 1.94 bits per heavy atom. The molecule has 184 valence electrons. The van der Waals surface area contributed by atoms with Gasteiger partial charge in [0.25, 0.3) is 0 Å². The van der Waals surface area contributed by atoms with E-state index in [1.807, 2.05) is 13.0 Å². The number of guanidine groups is 1. The van der Waals surface area contributed by atoms with Crippen LogP contribution in [0.5, 0.6) is 0 Å². The number of rotatable bonds is 9. The molecule has 1 aromatic heterocycles. The van der Waals surface area contributed by atoms with Crippen molar-refractivity contribution in [1.82, 2.24) is 20.4 Å². The molecule has 9 heteroatoms. The van der Waals surface area contributed by atoms with Gasteiger partial charge in [0.1, 0.15) is 11.5 Å². The molecule has 0 spiro atoms. The summed E-state index contributed by atoms with van der Waals surface area (Å²) in [7, 11) is 0. The van der Waals surface area contributed by atoms with Gasteiger partial charge in [-0.25, -0.2) is 0 Å². The van der Waals surface area contributed by atoms with Crippen LogP contribution in [0, 0.1) is 12.8 Å². The van der Waals surface area contributed by atoms with Crippen molar-refractivity contribution in [3.05, 3.63) is 23.7 Å². The van der Waals surface area contributed by atoms with Crippen LogP contribution >= 0.6 is 24.0 Å². The predicted octanol–water partition coefficient (Wildman–Crippen LogP) is 2.49. The van der Waals surface area contributed by atoms with Gasteiger partial charge in [-0.2, -0.15) is 0 Å². The molecular formula is C23H42IN5O3. The quantitative estimate of drug-likeness (QED) is 0.272. The highest BCUT2D eigenvalue weighted by Gasteiger charge is 2.25. The normalized spacial score (nSPS) is 21.9. The standard InChI is InChI=1S/C23H41N5O3.HI/c1-5-24-23(25-14-20-17-27(8-13-30-20)16-18(2)3)26-15-21(22-7-6-19(4)31-22)28-9-11-29-12-10-28;/h6-7,18,20-21H,5,8-17H2,1-4H3,(H2,24,25,26);1H. The largest absolute Gasteiger partial charge is 0.465 e. The van der Waals surface area contributed by atoms with Crippen LogP contribution in [0.1, 0.15) is 38.3 Å². The molecule has 0 saturated carbocycles. The Morgan fingerprint density at radius 3 is 2.59 bits per heavy atom. The second-order valence-electron chi connectivity index (χ2n) is 8.86. The highest BCUT2D eigenvalue weighted by atomic mass is 127. The summed E-state index contributed by atoms with van der Waals surface area (Å²) in [6.07, 6.45) is 0.180. The number of hydrogen-bond acceptors (Lipinski definition) is 6. The maximum Gasteiger partial charge on any atom is 0.191 e. The Morgan fingerprint density at radius 1 is 1.16 bits per heavy atom. The molecule has 8 nitrogen and oxygen atoms in total. The van der Waals surface area contributed by atoms with Crippen LogP contribution in [-0.2, 0) is 9.47 Å². The van der Waals surface area contributed by atoms with E-state index in [1.165, 1.54) is 0 Å². The summed E-state index contributed by atoms with van der Waals surface area (Å²) in [6.45, 7) is 18.0. The summed E-state index contributed by atoms with van der Waals surface area (Å²) in [5.41, 5.74) is 0. The molecular weight excluding hydrogens is 521 g/mol. The Kier molecular flexibility index (Phi) is 12.3. The van der Waals surface area contributed by atoms with Gasteiger partial charge in [0, 0.05) is 45.8 Å². The Hall–Kier alpha value is -0.880. The van der Waals surface area contributed by atoms with E-state index in [-0.39, 0.29) is 36.1 Å². The lowest BCUT2D eigenvalue weighted by molar-refractivity contribution is -0.0284. The molecule has 3 heterocycles. The number of nitrogens with zero attached hydrogens (tertiary/aromatic N) is 3. The van der Waals surface area contributed by atoms with Crippen molar-refractivity contribution < 1.29 is 13.9 Å². The first-order valence-electron chi connectivity index (χ1n) is 11.8. The molecule has 2 aliphatic rings. The third kappa shape index (κ3) is 8.81. The number of morpholine rings is 2. The number of ether oxygens (including phenoxy) is 2. The van der Waals surface area contributed by atoms with E-state index in [1.54, 1.807) is 0 Å². The average molecular weight is 564 g/mol. The van der Waals surface area contributed by atoms with Crippen molar-refractivity contribution in [3.8, 4) is 0 Å². The second kappa shape index (κ2) is 14.4. The molecule has 1 aromatic rings. The molecule has 2 unspecified atom stereocenters. The maximum atomic E-state index is 5.99. The summed E-state index contributed by atoms with van der Waals surface area (Å²) in [6, 6.07) is 4.21. The van der Waals surface area contributed by atoms with Gasteiger partial charge in [-0.05, 0) is 31.9 Å². The van der Waals surface area contributed by atoms with Crippen LogP contribution in [0.25, 0.3) is 0 Å². The van der Waals surface area contributed by atoms with Crippen LogP contribution in [0.15, 0.2) is 21.5 Å². The molecule has 2 fully saturated rings. The number of furan rings is 1. The minimum absolute atomic E-state index is 0. The fourth-order valence-electron chi connectivity index (χ4n) is 4.22. The number of halogens is 1. The van der Waals surface area contributed by atoms with Crippen molar-refractivity contribution in [2.24, 2.45) is 10.9 Å². The van der Waals surface area contributed by atoms with Crippen LogP contribution in [0.2, 0.25) is 0 Å². The molecule has 0 amide bonds. The van der Waals surface area contributed by atoms with Gasteiger partial charge < -0.3 is 24.5 Å². The lowest BCUT2D eigenvalue weighted by Gasteiger charge is -2.34. The minimum Gasteiger partial charge on any atom is -0.465 e. The molecule has 2 N–H and O–H groups in total. The van der Waals surface area contributed by atoms with Gasteiger partial charge in [0.2, 0.25) is 0 Å². The zero-order valence-electron chi connectivity index (χ0n) is 20.1. The Bertz CT molecular complexity index is 678. The van der Waals surface area contributed by atoms with Gasteiger partial charge >= 0.3 is 0 Å². The molecule has 0 aliphatic carbocycles. The van der Waals surface area contributed by atoms with Crippen LogP contribution in [-0.4, -0.2) is 94.0 Å². The van der Waals surface area contributed by atoms with Gasteiger partial charge in [0.15, 0.2) is 5.96 Å². The van der Waals surface area contributed by atoms with Crippen molar-refractivity contribution in [3.63, 3.8) is 0 Å². The number of nitrogens with one attached hydrogen (secondary N) is 2. The summed E-state index contributed by atoms with van der Waals surface area (Å²) in [5, 5.41) is 6.87. The zero-order valence-corrected chi connectivity index (χ0v) is 22.5. The number of aliphatic imine (C=N–C) groups is 1. The predicted molar refractivity (Wildman–Crippen MR) is 139 cm³/mol. The molecule has 2 atom stereocenters. The fraction of sp³-hybridized carbons (Fsp3) is 0.783. The van der Waals surface area contributed by atoms with E-state index in [2.05, 4.69) is 47.3 Å². The highest BCUT2D eigenvalue weighted by molar-refractivity contribution is 14.0.